The Morgan fingerprint density at radius 1 is 1.05 bits per heavy atom. The number of carbonyl (C=O) groups is 2. The van der Waals surface area contributed by atoms with Crippen LogP contribution < -0.4 is 10.6 Å². The number of amides is 2. The Hall–Kier alpha value is -4.14. The van der Waals surface area contributed by atoms with Gasteiger partial charge >= 0.3 is 12.2 Å². The second-order valence-electron chi connectivity index (χ2n) is 9.41. The largest absolute Gasteiger partial charge is 0.416 e. The van der Waals surface area contributed by atoms with Gasteiger partial charge in [0.05, 0.1) is 23.5 Å². The maximum atomic E-state index is 13.9. The average Bonchev–Trinajstić information content (AvgIpc) is 3.38. The van der Waals surface area contributed by atoms with Crippen LogP contribution in [-0.2, 0) is 12.7 Å². The summed E-state index contributed by atoms with van der Waals surface area (Å²) in [6, 6.07) is 8.40. The monoisotopic (exact) mass is 538 g/mol. The molecule has 0 spiro atoms. The lowest BCUT2D eigenvalue weighted by Crippen LogP contribution is -2.44. The summed E-state index contributed by atoms with van der Waals surface area (Å²) in [6.45, 7) is 5.02. The first-order chi connectivity index (χ1) is 18.5. The molecule has 0 saturated carbocycles. The van der Waals surface area contributed by atoms with E-state index >= 15 is 0 Å². The second-order valence-corrected chi connectivity index (χ2v) is 9.41. The number of nitrogens with one attached hydrogen (secondary N) is 2. The van der Waals surface area contributed by atoms with Gasteiger partial charge in [-0.15, -0.1) is 0 Å². The normalized spacial score (nSPS) is 14.4. The number of carbonyl (C=O) groups excluding carboxylic acids is 2. The lowest BCUT2D eigenvalue weighted by Gasteiger charge is -2.33. The molecule has 2 N–H and O–H groups in total. The molecule has 1 fully saturated rings. The summed E-state index contributed by atoms with van der Waals surface area (Å²) in [5.74, 6) is 5.32. The molecule has 0 radical (unpaired) electrons. The molecule has 0 aliphatic carbocycles. The minimum Gasteiger partial charge on any atom is -0.339 e. The van der Waals surface area contributed by atoms with Crippen LogP contribution in [0.1, 0.15) is 38.2 Å². The number of halogens is 3. The second kappa shape index (κ2) is 11.7. The molecule has 2 amide bonds. The van der Waals surface area contributed by atoms with Crippen molar-refractivity contribution in [2.75, 3.05) is 45.6 Å². The van der Waals surface area contributed by atoms with E-state index in [1.54, 1.807) is 18.2 Å². The Bertz CT molecular complexity index is 1430. The van der Waals surface area contributed by atoms with Crippen molar-refractivity contribution in [1.29, 1.82) is 0 Å². The summed E-state index contributed by atoms with van der Waals surface area (Å²) in [7, 11) is 3.48. The molecule has 11 heteroatoms. The van der Waals surface area contributed by atoms with Crippen LogP contribution in [0.5, 0.6) is 0 Å². The van der Waals surface area contributed by atoms with E-state index in [1.165, 1.54) is 31.6 Å². The van der Waals surface area contributed by atoms with Gasteiger partial charge < -0.3 is 15.5 Å². The van der Waals surface area contributed by atoms with Crippen molar-refractivity contribution in [1.82, 2.24) is 24.9 Å². The first kappa shape index (κ1) is 27.9. The highest BCUT2D eigenvalue weighted by atomic mass is 19.4. The summed E-state index contributed by atoms with van der Waals surface area (Å²) in [6.07, 6.45) is -1.63. The van der Waals surface area contributed by atoms with Crippen LogP contribution in [0.4, 0.5) is 23.7 Å². The molecule has 2 heterocycles. The van der Waals surface area contributed by atoms with Gasteiger partial charge in [-0.2, -0.15) is 23.0 Å². The molecule has 1 aliphatic heterocycles. The number of aryl methyl sites for hydroxylation is 1. The number of hydrogen-bond acceptors (Lipinski definition) is 5. The smallest absolute Gasteiger partial charge is 0.339 e. The van der Waals surface area contributed by atoms with E-state index in [0.717, 1.165) is 29.4 Å². The van der Waals surface area contributed by atoms with Crippen LogP contribution in [0.15, 0.2) is 48.8 Å². The summed E-state index contributed by atoms with van der Waals surface area (Å²) in [5.41, 5.74) is 1.61. The predicted molar refractivity (Wildman–Crippen MR) is 141 cm³/mol. The van der Waals surface area contributed by atoms with Gasteiger partial charge in [0.1, 0.15) is 0 Å². The number of rotatable bonds is 4. The summed E-state index contributed by atoms with van der Waals surface area (Å²) in [5, 5.41) is 8.97. The Labute approximate surface area is 224 Å². The third kappa shape index (κ3) is 7.04. The van der Waals surface area contributed by atoms with Crippen molar-refractivity contribution >= 4 is 17.6 Å². The van der Waals surface area contributed by atoms with Gasteiger partial charge in [0.2, 0.25) is 0 Å². The first-order valence-electron chi connectivity index (χ1n) is 12.4. The topological polar surface area (TPSA) is 82.5 Å². The number of piperazine rings is 1. The average molecular weight is 539 g/mol. The van der Waals surface area contributed by atoms with Crippen LogP contribution in [0, 0.1) is 18.8 Å². The van der Waals surface area contributed by atoms with Crippen LogP contribution in [0.2, 0.25) is 0 Å². The minimum absolute atomic E-state index is 0.0595. The van der Waals surface area contributed by atoms with Gasteiger partial charge in [0.25, 0.3) is 5.91 Å². The number of hydrogen-bond donors (Lipinski definition) is 2. The summed E-state index contributed by atoms with van der Waals surface area (Å²) in [4.78, 5) is 28.7. The molecule has 204 valence electrons. The fraction of sp³-hybridized carbons (Fsp3) is 0.321. The zero-order valence-electron chi connectivity index (χ0n) is 21.9. The number of aromatic nitrogens is 2. The Balaban J connectivity index is 1.51. The molecule has 39 heavy (non-hydrogen) atoms. The van der Waals surface area contributed by atoms with Crippen LogP contribution in [0.25, 0.3) is 0 Å². The molecule has 4 rings (SSSR count). The standard InChI is InChI=1S/C28H29F3N6O2/c1-19-4-6-22(14-21(19)7-5-20-16-33-37(17-20)27(39)32-2)26(38)34-24-9-8-23(25(15-24)28(29,30)31)18-36-12-10-35(3)11-13-36/h4,6,8-9,14-17H,10-13,18H2,1-3H3,(H,32,39)(H,34,38). The van der Waals surface area contributed by atoms with Gasteiger partial charge in [-0.05, 0) is 49.4 Å². The van der Waals surface area contributed by atoms with E-state index in [9.17, 15) is 22.8 Å². The Kier molecular flexibility index (Phi) is 8.38. The number of nitrogens with zero attached hydrogens (tertiary/aromatic N) is 4. The van der Waals surface area contributed by atoms with E-state index in [4.69, 9.17) is 0 Å². The summed E-state index contributed by atoms with van der Waals surface area (Å²) >= 11 is 0. The van der Waals surface area contributed by atoms with Gasteiger partial charge in [0.15, 0.2) is 0 Å². The highest BCUT2D eigenvalue weighted by molar-refractivity contribution is 6.04. The molecule has 0 unspecified atom stereocenters. The van der Waals surface area contributed by atoms with Crippen molar-refractivity contribution in [3.05, 3.63) is 82.2 Å². The van der Waals surface area contributed by atoms with Crippen molar-refractivity contribution in [2.24, 2.45) is 0 Å². The molecule has 1 saturated heterocycles. The minimum atomic E-state index is -4.55. The Morgan fingerprint density at radius 3 is 2.49 bits per heavy atom. The van der Waals surface area contributed by atoms with Gasteiger partial charge in [0, 0.05) is 56.6 Å². The highest BCUT2D eigenvalue weighted by Crippen LogP contribution is 2.34. The lowest BCUT2D eigenvalue weighted by molar-refractivity contribution is -0.138. The molecule has 0 bridgehead atoms. The van der Waals surface area contributed by atoms with E-state index in [2.05, 4.69) is 32.5 Å². The predicted octanol–water partition coefficient (Wildman–Crippen LogP) is 3.80. The molecule has 3 aromatic rings. The maximum absolute atomic E-state index is 13.9. The van der Waals surface area contributed by atoms with E-state index in [0.29, 0.717) is 24.2 Å². The highest BCUT2D eigenvalue weighted by Gasteiger charge is 2.34. The van der Waals surface area contributed by atoms with E-state index in [1.807, 2.05) is 18.9 Å². The molecular formula is C28H29F3N6O2. The number of alkyl halides is 3. The molecule has 2 aromatic carbocycles. The van der Waals surface area contributed by atoms with Gasteiger partial charge in [-0.25, -0.2) is 4.79 Å². The molecule has 8 nitrogen and oxygen atoms in total. The van der Waals surface area contributed by atoms with Crippen molar-refractivity contribution in [3.8, 4) is 11.8 Å². The van der Waals surface area contributed by atoms with Crippen LogP contribution in [0.3, 0.4) is 0 Å². The number of benzene rings is 2. The third-order valence-corrected chi connectivity index (χ3v) is 6.51. The SMILES string of the molecule is CNC(=O)n1cc(C#Cc2cc(C(=O)Nc3ccc(CN4CCN(C)CC4)c(C(F)(F)F)c3)ccc2C)cn1. The van der Waals surface area contributed by atoms with Crippen molar-refractivity contribution < 1.29 is 22.8 Å². The number of likely N-dealkylation sites (N-methyl/N-ethyl adjacent to an activating group) is 1. The third-order valence-electron chi connectivity index (χ3n) is 6.51. The fourth-order valence-electron chi connectivity index (χ4n) is 4.16. The van der Waals surface area contributed by atoms with E-state index < -0.39 is 23.7 Å². The summed E-state index contributed by atoms with van der Waals surface area (Å²) < 4.78 is 42.8. The maximum Gasteiger partial charge on any atom is 0.416 e. The quantitative estimate of drug-likeness (QED) is 0.494. The van der Waals surface area contributed by atoms with Gasteiger partial charge in [-0.3, -0.25) is 9.69 Å². The molecule has 1 aliphatic rings. The van der Waals surface area contributed by atoms with Gasteiger partial charge in [-0.1, -0.05) is 24.0 Å². The zero-order chi connectivity index (χ0) is 28.2. The molecular weight excluding hydrogens is 509 g/mol. The van der Waals surface area contributed by atoms with Crippen LogP contribution >= 0.6 is 0 Å². The zero-order valence-corrected chi connectivity index (χ0v) is 21.9. The lowest BCUT2D eigenvalue weighted by atomic mass is 10.0. The molecule has 0 atom stereocenters. The van der Waals surface area contributed by atoms with Crippen molar-refractivity contribution in [2.45, 2.75) is 19.6 Å². The molecule has 1 aromatic heterocycles. The fourth-order valence-corrected chi connectivity index (χ4v) is 4.16. The van der Waals surface area contributed by atoms with Crippen LogP contribution in [-0.4, -0.2) is 71.8 Å². The van der Waals surface area contributed by atoms with Crippen molar-refractivity contribution in [3.63, 3.8) is 0 Å². The van der Waals surface area contributed by atoms with E-state index in [-0.39, 0.29) is 23.4 Å². The number of anilines is 1. The Morgan fingerprint density at radius 2 is 1.79 bits per heavy atom. The first-order valence-corrected chi connectivity index (χ1v) is 12.4.